The van der Waals surface area contributed by atoms with Crippen molar-refractivity contribution in [2.45, 2.75) is 0 Å². The normalized spacial score (nSPS) is 10.3. The summed E-state index contributed by atoms with van der Waals surface area (Å²) in [6.45, 7) is 0. The first kappa shape index (κ1) is 34.8. The minimum Gasteiger partial charge on any atom is -0.478 e. The maximum Gasteiger partial charge on any atom is 0.347 e. The first-order valence-corrected chi connectivity index (χ1v) is 15.1. The van der Waals surface area contributed by atoms with E-state index in [-0.39, 0.29) is 45.0 Å². The van der Waals surface area contributed by atoms with Crippen molar-refractivity contribution in [3.8, 4) is 58.8 Å². The number of carboxylic acid groups (broad SMARTS) is 1. The van der Waals surface area contributed by atoms with Crippen LogP contribution >= 0.6 is 0 Å². The maximum atomic E-state index is 13.8. The van der Waals surface area contributed by atoms with Gasteiger partial charge in [0, 0.05) is 35.9 Å². The highest BCUT2D eigenvalue weighted by Gasteiger charge is 2.18. The number of pyridine rings is 2. The van der Waals surface area contributed by atoms with Crippen molar-refractivity contribution in [2.24, 2.45) is 0 Å². The van der Waals surface area contributed by atoms with Crippen molar-refractivity contribution in [2.75, 3.05) is 5.32 Å². The second-order valence-corrected chi connectivity index (χ2v) is 10.7. The van der Waals surface area contributed by atoms with Crippen LogP contribution in [0.4, 0.5) is 14.5 Å². The second-order valence-electron chi connectivity index (χ2n) is 10.7. The molecule has 256 valence electrons. The molecule has 0 atom stereocenters. The third-order valence-corrected chi connectivity index (χ3v) is 7.35. The first-order valence-electron chi connectivity index (χ1n) is 15.1. The van der Waals surface area contributed by atoms with Crippen LogP contribution in [-0.2, 0) is 0 Å². The van der Waals surface area contributed by atoms with Crippen LogP contribution in [0.15, 0.2) is 107 Å². The number of halogens is 2. The number of aromatic carboxylic acids is 1. The minimum absolute atomic E-state index is 0.00612. The minimum atomic E-state index is -1.41. The summed E-state index contributed by atoms with van der Waals surface area (Å²) in [6.07, 6.45) is 16.9. The molecule has 0 aliphatic rings. The van der Waals surface area contributed by atoms with E-state index in [1.54, 1.807) is 67.3 Å². The highest BCUT2D eigenvalue weighted by atomic mass is 19.1. The fourth-order valence-electron chi connectivity index (χ4n) is 4.72. The molecule has 5 heterocycles. The van der Waals surface area contributed by atoms with E-state index < -0.39 is 34.7 Å². The molecule has 0 fully saturated rings. The van der Waals surface area contributed by atoms with Crippen molar-refractivity contribution < 1.29 is 27.9 Å². The highest BCUT2D eigenvalue weighted by molar-refractivity contribution is 6.07. The van der Waals surface area contributed by atoms with Crippen LogP contribution in [-0.4, -0.2) is 52.3 Å². The molecule has 2 N–H and O–H groups in total. The smallest absolute Gasteiger partial charge is 0.347 e. The second kappa shape index (κ2) is 15.2. The molecule has 13 nitrogen and oxygen atoms in total. The third kappa shape index (κ3) is 7.75. The number of anilines is 1. The van der Waals surface area contributed by atoms with Crippen LogP contribution in [0.1, 0.15) is 32.0 Å². The molecular formula is C38H20F2N8O5. The van der Waals surface area contributed by atoms with Crippen LogP contribution in [0, 0.1) is 36.3 Å². The zero-order chi connectivity index (χ0) is 37.5. The van der Waals surface area contributed by atoms with Crippen molar-refractivity contribution in [3.05, 3.63) is 142 Å². The average molecular weight is 707 g/mol. The SMILES string of the molecule is C#Cc1cc(NC(=O)c2ccc(-c3ccncc3)nn2)c(C(=O)O)cc1F.C#Cc1cc2nc(-c3ccc(-c4ccncc4)nn3)oc(=O)c2cc1F. The van der Waals surface area contributed by atoms with Gasteiger partial charge in [0.25, 0.3) is 11.8 Å². The van der Waals surface area contributed by atoms with Crippen LogP contribution in [0.5, 0.6) is 0 Å². The Morgan fingerprint density at radius 3 is 1.81 bits per heavy atom. The molecule has 5 aromatic heterocycles. The topological polar surface area (TPSA) is 187 Å². The summed E-state index contributed by atoms with van der Waals surface area (Å²) < 4.78 is 32.6. The lowest BCUT2D eigenvalue weighted by Gasteiger charge is -2.09. The van der Waals surface area contributed by atoms with Crippen molar-refractivity contribution in [3.63, 3.8) is 0 Å². The molecule has 0 radical (unpaired) electrons. The number of aromatic nitrogens is 7. The van der Waals surface area contributed by atoms with Gasteiger partial charge in [-0.25, -0.2) is 23.4 Å². The number of carboxylic acids is 1. The molecule has 0 bridgehead atoms. The summed E-state index contributed by atoms with van der Waals surface area (Å²) in [6, 6.07) is 17.6. The van der Waals surface area contributed by atoms with E-state index in [9.17, 15) is 28.3 Å². The Hall–Kier alpha value is -8.04. The van der Waals surface area contributed by atoms with Gasteiger partial charge in [-0.3, -0.25) is 14.8 Å². The van der Waals surface area contributed by atoms with Gasteiger partial charge < -0.3 is 14.8 Å². The van der Waals surface area contributed by atoms with Crippen LogP contribution in [0.2, 0.25) is 0 Å². The summed E-state index contributed by atoms with van der Waals surface area (Å²) >= 11 is 0. The summed E-state index contributed by atoms with van der Waals surface area (Å²) in [5.41, 5.74) is 1.80. The first-order chi connectivity index (χ1) is 25.6. The van der Waals surface area contributed by atoms with Gasteiger partial charge in [-0.15, -0.1) is 33.2 Å². The Balaban J connectivity index is 0.000000181. The number of nitrogens with zero attached hydrogens (tertiary/aromatic N) is 7. The number of hydrogen-bond acceptors (Lipinski definition) is 11. The molecule has 0 saturated carbocycles. The largest absolute Gasteiger partial charge is 0.478 e. The van der Waals surface area contributed by atoms with E-state index >= 15 is 0 Å². The molecule has 53 heavy (non-hydrogen) atoms. The van der Waals surface area contributed by atoms with E-state index in [0.29, 0.717) is 11.4 Å². The van der Waals surface area contributed by atoms with Crippen molar-refractivity contribution >= 4 is 28.5 Å². The number of hydrogen-bond donors (Lipinski definition) is 2. The molecule has 7 aromatic rings. The van der Waals surface area contributed by atoms with Crippen LogP contribution in [0.3, 0.4) is 0 Å². The van der Waals surface area contributed by atoms with Gasteiger partial charge in [0.2, 0.25) is 0 Å². The molecule has 0 unspecified atom stereocenters. The Morgan fingerprint density at radius 1 is 0.717 bits per heavy atom. The third-order valence-electron chi connectivity index (χ3n) is 7.35. The molecule has 2 aromatic carbocycles. The highest BCUT2D eigenvalue weighted by Crippen LogP contribution is 2.23. The van der Waals surface area contributed by atoms with Crippen molar-refractivity contribution in [1.82, 2.24) is 35.3 Å². The van der Waals surface area contributed by atoms with Crippen molar-refractivity contribution in [1.29, 1.82) is 0 Å². The summed E-state index contributed by atoms with van der Waals surface area (Å²) in [4.78, 5) is 47.9. The van der Waals surface area contributed by atoms with E-state index in [2.05, 4.69) is 52.5 Å². The number of terminal acetylenes is 2. The average Bonchev–Trinajstić information content (AvgIpc) is 3.19. The van der Waals surface area contributed by atoms with E-state index in [1.807, 2.05) is 0 Å². The number of amides is 1. The predicted octanol–water partition coefficient (Wildman–Crippen LogP) is 5.44. The molecule has 0 aliphatic heterocycles. The molecule has 15 heteroatoms. The van der Waals surface area contributed by atoms with E-state index in [4.69, 9.17) is 17.3 Å². The standard InChI is InChI=1S/C19H11FN4O3.C19H9FN4O2/c1-2-11-9-17(13(19(26)27)10-14(11)20)22-18(25)16-4-3-15(23-24-16)12-5-7-21-8-6-12;1-2-11-9-17-13(10-14(11)20)19(25)26-18(22-17)16-4-3-15(23-24-16)12-5-7-21-8-6-12/h1,3-10H,(H,22,25)(H,26,27);1,3-10H. The Kier molecular flexibility index (Phi) is 10.0. The Labute approximate surface area is 297 Å². The molecule has 0 spiro atoms. The lowest BCUT2D eigenvalue weighted by molar-refractivity contribution is 0.0697. The number of carbonyl (C=O) groups is 2. The fraction of sp³-hybridized carbons (Fsp3) is 0. The van der Waals surface area contributed by atoms with Gasteiger partial charge in [-0.1, -0.05) is 11.8 Å². The van der Waals surface area contributed by atoms with E-state index in [1.165, 1.54) is 12.1 Å². The summed E-state index contributed by atoms with van der Waals surface area (Å²) in [5.74, 6) is 0.615. The van der Waals surface area contributed by atoms with Gasteiger partial charge in [0.1, 0.15) is 17.3 Å². The molecule has 1 amide bonds. The number of nitrogens with one attached hydrogen (secondary N) is 1. The molecule has 7 rings (SSSR count). The lowest BCUT2D eigenvalue weighted by atomic mass is 10.1. The van der Waals surface area contributed by atoms with Gasteiger partial charge in [0.15, 0.2) is 5.69 Å². The monoisotopic (exact) mass is 706 g/mol. The Morgan fingerprint density at radius 2 is 1.26 bits per heavy atom. The van der Waals surface area contributed by atoms with Gasteiger partial charge in [-0.05, 0) is 72.8 Å². The van der Waals surface area contributed by atoms with Gasteiger partial charge in [-0.2, -0.15) is 0 Å². The molecule has 0 saturated heterocycles. The van der Waals surface area contributed by atoms with Crippen LogP contribution < -0.4 is 10.9 Å². The van der Waals surface area contributed by atoms with Gasteiger partial charge >= 0.3 is 11.6 Å². The zero-order valence-corrected chi connectivity index (χ0v) is 26.9. The van der Waals surface area contributed by atoms with Gasteiger partial charge in [0.05, 0.1) is 44.7 Å². The number of rotatable bonds is 6. The van der Waals surface area contributed by atoms with Crippen LogP contribution in [0.25, 0.3) is 45.0 Å². The fourth-order valence-corrected chi connectivity index (χ4v) is 4.72. The Bertz CT molecular complexity index is 2640. The molecular weight excluding hydrogens is 686 g/mol. The zero-order valence-electron chi connectivity index (χ0n) is 26.9. The number of carbonyl (C=O) groups excluding carboxylic acids is 1. The maximum absolute atomic E-state index is 13.8. The predicted molar refractivity (Wildman–Crippen MR) is 187 cm³/mol. The van der Waals surface area contributed by atoms with E-state index in [0.717, 1.165) is 29.3 Å². The lowest BCUT2D eigenvalue weighted by Crippen LogP contribution is -2.17. The summed E-state index contributed by atoms with van der Waals surface area (Å²) in [5, 5.41) is 27.6. The number of benzene rings is 2. The quantitative estimate of drug-likeness (QED) is 0.209. The number of fused-ring (bicyclic) bond motifs is 1. The summed E-state index contributed by atoms with van der Waals surface area (Å²) in [7, 11) is 0. The molecule has 0 aliphatic carbocycles.